The Kier molecular flexibility index (Phi) is 5.37. The molecule has 1 fully saturated rings. The molecule has 1 nitrogen and oxygen atoms in total. The number of aryl methyl sites for hydroxylation is 1. The Balaban J connectivity index is 2.20. The first-order valence-electron chi connectivity index (χ1n) is 8.07. The Hall–Kier alpha value is -0.960. The molecule has 1 atom stereocenters. The van der Waals surface area contributed by atoms with Crippen LogP contribution in [0.5, 0.6) is 0 Å². The number of nitrogens with one attached hydrogen (secondary N) is 1. The molecule has 0 aliphatic heterocycles. The first-order valence-corrected chi connectivity index (χ1v) is 8.07. The minimum Gasteiger partial charge on any atom is -0.313 e. The summed E-state index contributed by atoms with van der Waals surface area (Å²) in [7, 11) is 1.81. The van der Waals surface area contributed by atoms with E-state index in [2.05, 4.69) is 19.2 Å². The molecule has 1 aliphatic rings. The summed E-state index contributed by atoms with van der Waals surface area (Å²) < 4.78 is 28.5. The quantitative estimate of drug-likeness (QED) is 0.824. The zero-order chi connectivity index (χ0) is 15.6. The van der Waals surface area contributed by atoms with E-state index in [4.69, 9.17) is 0 Å². The van der Waals surface area contributed by atoms with E-state index in [1.54, 1.807) is 14.0 Å². The second-order valence-electron chi connectivity index (χ2n) is 6.78. The van der Waals surface area contributed by atoms with Gasteiger partial charge in [0.2, 0.25) is 0 Å². The van der Waals surface area contributed by atoms with Crippen LogP contribution in [0.15, 0.2) is 12.1 Å². The van der Waals surface area contributed by atoms with E-state index in [1.165, 1.54) is 12.1 Å². The first kappa shape index (κ1) is 16.4. The molecular formula is C18H27F2N. The molecule has 1 aromatic carbocycles. The highest BCUT2D eigenvalue weighted by molar-refractivity contribution is 5.29. The zero-order valence-electron chi connectivity index (χ0n) is 13.5. The highest BCUT2D eigenvalue weighted by Crippen LogP contribution is 2.40. The molecule has 1 N–H and O–H groups in total. The van der Waals surface area contributed by atoms with Gasteiger partial charge in [-0.3, -0.25) is 0 Å². The fourth-order valence-electron chi connectivity index (χ4n) is 3.72. The molecule has 1 aromatic rings. The van der Waals surface area contributed by atoms with Gasteiger partial charge >= 0.3 is 0 Å². The Bertz CT molecular complexity index is 476. The van der Waals surface area contributed by atoms with Crippen molar-refractivity contribution in [3.05, 3.63) is 34.9 Å². The van der Waals surface area contributed by atoms with Crippen LogP contribution in [-0.2, 0) is 0 Å². The van der Waals surface area contributed by atoms with E-state index >= 15 is 0 Å². The van der Waals surface area contributed by atoms with Crippen molar-refractivity contribution in [3.63, 3.8) is 0 Å². The van der Waals surface area contributed by atoms with Crippen molar-refractivity contribution in [2.75, 3.05) is 7.05 Å². The zero-order valence-corrected chi connectivity index (χ0v) is 13.5. The minimum atomic E-state index is -0.427. The SMILES string of the molecule is CNC(c1c(F)ccc(C)c1F)C1CCC(C(C)C)CC1. The standard InChI is InChI=1S/C18H27F2N/c1-11(2)13-6-8-14(9-7-13)18(21-4)16-15(19)10-5-12(3)17(16)20/h5,10-11,13-14,18,21H,6-9H2,1-4H3. The van der Waals surface area contributed by atoms with Crippen molar-refractivity contribution in [3.8, 4) is 0 Å². The number of hydrogen-bond donors (Lipinski definition) is 1. The summed E-state index contributed by atoms with van der Waals surface area (Å²) in [6.45, 7) is 6.22. The normalized spacial score (nSPS) is 24.3. The maximum atomic E-state index is 14.4. The molecule has 1 aliphatic carbocycles. The van der Waals surface area contributed by atoms with Crippen molar-refractivity contribution in [2.24, 2.45) is 17.8 Å². The number of hydrogen-bond acceptors (Lipinski definition) is 1. The molecule has 0 saturated heterocycles. The van der Waals surface area contributed by atoms with Crippen LogP contribution in [0.25, 0.3) is 0 Å². The van der Waals surface area contributed by atoms with E-state index in [0.717, 1.165) is 31.6 Å². The van der Waals surface area contributed by atoms with E-state index < -0.39 is 5.82 Å². The van der Waals surface area contributed by atoms with Crippen LogP contribution >= 0.6 is 0 Å². The molecule has 118 valence electrons. The maximum Gasteiger partial charge on any atom is 0.133 e. The number of benzene rings is 1. The third kappa shape index (κ3) is 3.45. The summed E-state index contributed by atoms with van der Waals surface area (Å²) in [6, 6.07) is 2.67. The smallest absolute Gasteiger partial charge is 0.133 e. The van der Waals surface area contributed by atoms with Crippen molar-refractivity contribution in [1.29, 1.82) is 0 Å². The average molecular weight is 295 g/mol. The van der Waals surface area contributed by atoms with Gasteiger partial charge in [-0.15, -0.1) is 0 Å². The monoisotopic (exact) mass is 295 g/mol. The molecule has 1 saturated carbocycles. The third-order valence-corrected chi connectivity index (χ3v) is 5.17. The van der Waals surface area contributed by atoms with Crippen LogP contribution in [0.3, 0.4) is 0 Å². The van der Waals surface area contributed by atoms with Gasteiger partial charge in [-0.2, -0.15) is 0 Å². The summed E-state index contributed by atoms with van der Waals surface area (Å²) in [5, 5.41) is 3.16. The predicted octanol–water partition coefficient (Wildman–Crippen LogP) is 5.00. The van der Waals surface area contributed by atoms with Gasteiger partial charge in [-0.1, -0.05) is 19.9 Å². The van der Waals surface area contributed by atoms with Crippen molar-refractivity contribution in [2.45, 2.75) is 52.5 Å². The first-order chi connectivity index (χ1) is 9.95. The molecule has 0 aromatic heterocycles. The second-order valence-corrected chi connectivity index (χ2v) is 6.78. The lowest BCUT2D eigenvalue weighted by Gasteiger charge is -2.35. The number of rotatable bonds is 4. The van der Waals surface area contributed by atoms with Gasteiger partial charge in [0.05, 0.1) is 0 Å². The Morgan fingerprint density at radius 3 is 2.14 bits per heavy atom. The van der Waals surface area contributed by atoms with Crippen molar-refractivity contribution >= 4 is 0 Å². The molecule has 21 heavy (non-hydrogen) atoms. The van der Waals surface area contributed by atoms with Crippen LogP contribution in [0.4, 0.5) is 8.78 Å². The molecule has 0 amide bonds. The molecule has 1 unspecified atom stereocenters. The Labute approximate surface area is 127 Å². The van der Waals surface area contributed by atoms with E-state index in [-0.39, 0.29) is 17.4 Å². The summed E-state index contributed by atoms with van der Waals surface area (Å²) in [4.78, 5) is 0. The lowest BCUT2D eigenvalue weighted by molar-refractivity contribution is 0.189. The van der Waals surface area contributed by atoms with Crippen LogP contribution in [0, 0.1) is 36.3 Å². The Morgan fingerprint density at radius 1 is 1.05 bits per heavy atom. The molecule has 3 heteroatoms. The summed E-state index contributed by atoms with van der Waals surface area (Å²) >= 11 is 0. The third-order valence-electron chi connectivity index (χ3n) is 5.17. The lowest BCUT2D eigenvalue weighted by atomic mass is 9.73. The number of halogens is 2. The van der Waals surface area contributed by atoms with E-state index in [9.17, 15) is 8.78 Å². The van der Waals surface area contributed by atoms with Crippen LogP contribution in [-0.4, -0.2) is 7.05 Å². The second kappa shape index (κ2) is 6.87. The molecule has 0 spiro atoms. The molecule has 0 radical (unpaired) electrons. The van der Waals surface area contributed by atoms with Gasteiger partial charge in [0.1, 0.15) is 11.6 Å². The van der Waals surface area contributed by atoms with Gasteiger partial charge in [0.25, 0.3) is 0 Å². The Morgan fingerprint density at radius 2 is 1.62 bits per heavy atom. The summed E-state index contributed by atoms with van der Waals surface area (Å²) in [6.07, 6.45) is 4.41. The predicted molar refractivity (Wildman–Crippen MR) is 83.2 cm³/mol. The van der Waals surface area contributed by atoms with Crippen molar-refractivity contribution in [1.82, 2.24) is 5.32 Å². The molecule has 0 heterocycles. The average Bonchev–Trinajstić information content (AvgIpc) is 2.48. The molecular weight excluding hydrogens is 268 g/mol. The highest BCUT2D eigenvalue weighted by Gasteiger charge is 2.32. The van der Waals surface area contributed by atoms with Gasteiger partial charge in [-0.25, -0.2) is 8.78 Å². The lowest BCUT2D eigenvalue weighted by Crippen LogP contribution is -2.31. The van der Waals surface area contributed by atoms with E-state index in [1.807, 2.05) is 0 Å². The van der Waals surface area contributed by atoms with Crippen LogP contribution in [0.1, 0.15) is 56.7 Å². The van der Waals surface area contributed by atoms with Crippen molar-refractivity contribution < 1.29 is 8.78 Å². The van der Waals surface area contributed by atoms with Gasteiger partial charge in [0, 0.05) is 11.6 Å². The topological polar surface area (TPSA) is 12.0 Å². The fraction of sp³-hybridized carbons (Fsp3) is 0.667. The largest absolute Gasteiger partial charge is 0.313 e. The maximum absolute atomic E-state index is 14.4. The summed E-state index contributed by atoms with van der Waals surface area (Å²) in [5.41, 5.74) is 0.744. The van der Waals surface area contributed by atoms with Gasteiger partial charge in [-0.05, 0) is 69.0 Å². The summed E-state index contributed by atoms with van der Waals surface area (Å²) in [5.74, 6) is 0.956. The molecule has 0 bridgehead atoms. The van der Waals surface area contributed by atoms with Gasteiger partial charge in [0.15, 0.2) is 0 Å². The van der Waals surface area contributed by atoms with Crippen LogP contribution in [0.2, 0.25) is 0 Å². The fourth-order valence-corrected chi connectivity index (χ4v) is 3.72. The molecule has 2 rings (SSSR count). The van der Waals surface area contributed by atoms with Gasteiger partial charge < -0.3 is 5.32 Å². The van der Waals surface area contributed by atoms with E-state index in [0.29, 0.717) is 17.4 Å². The van der Waals surface area contributed by atoms with Crippen LogP contribution < -0.4 is 5.32 Å². The minimum absolute atomic E-state index is 0.224. The highest BCUT2D eigenvalue weighted by atomic mass is 19.1.